The highest BCUT2D eigenvalue weighted by Crippen LogP contribution is 2.27. The van der Waals surface area contributed by atoms with Crippen LogP contribution in [0.5, 0.6) is 5.75 Å². The van der Waals surface area contributed by atoms with E-state index in [2.05, 4.69) is 5.32 Å². The Morgan fingerprint density at radius 3 is 2.58 bits per heavy atom. The molecule has 0 saturated carbocycles. The smallest absolute Gasteiger partial charge is 0.331 e. The SMILES string of the molecule is C/C(=C\C(=O)Nc1cc([N+](=O)[O-])ccc1O)C(=O)O. The van der Waals surface area contributed by atoms with E-state index < -0.39 is 16.8 Å². The monoisotopic (exact) mass is 266 g/mol. The number of phenolic OH excluding ortho intramolecular Hbond substituents is 1. The van der Waals surface area contributed by atoms with E-state index in [9.17, 15) is 24.8 Å². The summed E-state index contributed by atoms with van der Waals surface area (Å²) in [7, 11) is 0. The van der Waals surface area contributed by atoms with Crippen LogP contribution in [-0.4, -0.2) is 27.0 Å². The molecule has 0 unspecified atom stereocenters. The summed E-state index contributed by atoms with van der Waals surface area (Å²) in [6, 6.07) is 3.10. The van der Waals surface area contributed by atoms with E-state index in [1.54, 1.807) is 0 Å². The van der Waals surface area contributed by atoms with Gasteiger partial charge in [0.2, 0.25) is 5.91 Å². The molecule has 8 heteroatoms. The number of nitrogens with one attached hydrogen (secondary N) is 1. The average molecular weight is 266 g/mol. The number of amides is 1. The van der Waals surface area contributed by atoms with Crippen molar-refractivity contribution in [2.75, 3.05) is 5.32 Å². The standard InChI is InChI=1S/C11H10N2O6/c1-6(11(16)17)4-10(15)12-8-5-7(13(18)19)2-3-9(8)14/h2-5,14H,1H3,(H,12,15)(H,16,17)/b6-4+. The molecule has 0 radical (unpaired) electrons. The third kappa shape index (κ3) is 3.80. The van der Waals surface area contributed by atoms with Gasteiger partial charge in [-0.15, -0.1) is 0 Å². The summed E-state index contributed by atoms with van der Waals surface area (Å²) in [4.78, 5) is 31.8. The molecule has 3 N–H and O–H groups in total. The van der Waals surface area contributed by atoms with Crippen molar-refractivity contribution in [1.29, 1.82) is 0 Å². The number of nitrogens with zero attached hydrogens (tertiary/aromatic N) is 1. The van der Waals surface area contributed by atoms with Crippen LogP contribution in [0.1, 0.15) is 6.92 Å². The van der Waals surface area contributed by atoms with Crippen molar-refractivity contribution in [1.82, 2.24) is 0 Å². The third-order valence-corrected chi connectivity index (χ3v) is 2.13. The number of carbonyl (C=O) groups is 2. The molecule has 0 saturated heterocycles. The first kappa shape index (κ1) is 14.2. The van der Waals surface area contributed by atoms with Crippen LogP contribution in [0.2, 0.25) is 0 Å². The van der Waals surface area contributed by atoms with Gasteiger partial charge >= 0.3 is 5.97 Å². The van der Waals surface area contributed by atoms with Gasteiger partial charge in [-0.1, -0.05) is 0 Å². The van der Waals surface area contributed by atoms with Gasteiger partial charge in [-0.05, 0) is 13.0 Å². The summed E-state index contributed by atoms with van der Waals surface area (Å²) in [5.74, 6) is -2.44. The minimum absolute atomic E-state index is 0.173. The Labute approximate surface area is 107 Å². The summed E-state index contributed by atoms with van der Waals surface area (Å²) in [5, 5.41) is 30.7. The number of anilines is 1. The molecule has 0 spiro atoms. The molecule has 1 amide bonds. The molecule has 0 aliphatic rings. The fraction of sp³-hybridized carbons (Fsp3) is 0.0909. The van der Waals surface area contributed by atoms with Crippen molar-refractivity contribution in [2.45, 2.75) is 6.92 Å². The van der Waals surface area contributed by atoms with Crippen LogP contribution >= 0.6 is 0 Å². The number of benzene rings is 1. The lowest BCUT2D eigenvalue weighted by Gasteiger charge is -2.05. The van der Waals surface area contributed by atoms with Gasteiger partial charge in [-0.3, -0.25) is 14.9 Å². The van der Waals surface area contributed by atoms with E-state index in [1.165, 1.54) is 6.92 Å². The number of carboxylic acid groups (broad SMARTS) is 1. The number of carbonyl (C=O) groups excluding carboxylic acids is 1. The number of non-ortho nitro benzene ring substituents is 1. The zero-order valence-corrected chi connectivity index (χ0v) is 9.78. The Hall–Kier alpha value is -2.90. The number of aliphatic carboxylic acids is 1. The third-order valence-electron chi connectivity index (χ3n) is 2.13. The maximum Gasteiger partial charge on any atom is 0.331 e. The van der Waals surface area contributed by atoms with Crippen LogP contribution in [0.15, 0.2) is 29.8 Å². The van der Waals surface area contributed by atoms with Gasteiger partial charge in [-0.25, -0.2) is 4.79 Å². The van der Waals surface area contributed by atoms with Gasteiger partial charge in [0.05, 0.1) is 10.6 Å². The van der Waals surface area contributed by atoms with Crippen LogP contribution < -0.4 is 5.32 Å². The lowest BCUT2D eigenvalue weighted by Crippen LogP contribution is -2.11. The number of aromatic hydroxyl groups is 1. The molecule has 0 atom stereocenters. The second-order valence-corrected chi connectivity index (χ2v) is 3.58. The van der Waals surface area contributed by atoms with Gasteiger partial charge in [0.25, 0.3) is 5.69 Å². The first-order valence-electron chi connectivity index (χ1n) is 5.01. The van der Waals surface area contributed by atoms with Crippen molar-refractivity contribution in [3.8, 4) is 5.75 Å². The normalized spacial score (nSPS) is 10.9. The Morgan fingerprint density at radius 2 is 2.05 bits per heavy atom. The van der Waals surface area contributed by atoms with E-state index in [-0.39, 0.29) is 22.7 Å². The number of hydrogen-bond donors (Lipinski definition) is 3. The van der Waals surface area contributed by atoms with E-state index in [1.807, 2.05) is 0 Å². The largest absolute Gasteiger partial charge is 0.506 e. The van der Waals surface area contributed by atoms with Crippen molar-refractivity contribution < 1.29 is 24.7 Å². The van der Waals surface area contributed by atoms with E-state index in [0.29, 0.717) is 0 Å². The number of nitro groups is 1. The van der Waals surface area contributed by atoms with Crippen molar-refractivity contribution in [3.63, 3.8) is 0 Å². The molecule has 1 rings (SSSR count). The molecule has 19 heavy (non-hydrogen) atoms. The molecule has 0 aromatic heterocycles. The Balaban J connectivity index is 2.96. The fourth-order valence-electron chi connectivity index (χ4n) is 1.16. The first-order chi connectivity index (χ1) is 8.81. The maximum atomic E-state index is 11.4. The van der Waals surface area contributed by atoms with E-state index in [0.717, 1.165) is 24.3 Å². The number of phenols is 1. The minimum Gasteiger partial charge on any atom is -0.506 e. The van der Waals surface area contributed by atoms with Gasteiger partial charge in [0, 0.05) is 23.8 Å². The van der Waals surface area contributed by atoms with Crippen LogP contribution in [0.4, 0.5) is 11.4 Å². The molecule has 0 fully saturated rings. The van der Waals surface area contributed by atoms with Gasteiger partial charge < -0.3 is 15.5 Å². The van der Waals surface area contributed by atoms with Crippen molar-refractivity contribution in [2.24, 2.45) is 0 Å². The maximum absolute atomic E-state index is 11.4. The van der Waals surface area contributed by atoms with Crippen LogP contribution in [0, 0.1) is 10.1 Å². The van der Waals surface area contributed by atoms with Crippen LogP contribution in [0.3, 0.4) is 0 Å². The van der Waals surface area contributed by atoms with Crippen LogP contribution in [0.25, 0.3) is 0 Å². The summed E-state index contributed by atoms with van der Waals surface area (Å²) in [6.07, 6.45) is 0.806. The lowest BCUT2D eigenvalue weighted by atomic mass is 10.2. The number of carboxylic acids is 1. The van der Waals surface area contributed by atoms with Crippen molar-refractivity contribution >= 4 is 23.3 Å². The van der Waals surface area contributed by atoms with E-state index in [4.69, 9.17) is 5.11 Å². The topological polar surface area (TPSA) is 130 Å². The molecular formula is C11H10N2O6. The van der Waals surface area contributed by atoms with E-state index >= 15 is 0 Å². The average Bonchev–Trinajstić information content (AvgIpc) is 2.31. The molecule has 1 aromatic rings. The highest BCUT2D eigenvalue weighted by atomic mass is 16.6. The molecule has 0 aliphatic heterocycles. The lowest BCUT2D eigenvalue weighted by molar-refractivity contribution is -0.384. The predicted molar refractivity (Wildman–Crippen MR) is 64.8 cm³/mol. The first-order valence-corrected chi connectivity index (χ1v) is 5.01. The minimum atomic E-state index is -1.27. The van der Waals surface area contributed by atoms with Crippen molar-refractivity contribution in [3.05, 3.63) is 40.0 Å². The Kier molecular flexibility index (Phi) is 4.19. The number of rotatable bonds is 4. The van der Waals surface area contributed by atoms with Crippen LogP contribution in [-0.2, 0) is 9.59 Å². The zero-order chi connectivity index (χ0) is 14.6. The molecule has 1 aromatic carbocycles. The Bertz CT molecular complexity index is 579. The number of hydrogen-bond acceptors (Lipinski definition) is 5. The molecular weight excluding hydrogens is 256 g/mol. The molecule has 0 heterocycles. The van der Waals surface area contributed by atoms with Gasteiger partial charge in [-0.2, -0.15) is 0 Å². The predicted octanol–water partition coefficient (Wildman–Crippen LogP) is 1.27. The molecule has 100 valence electrons. The second kappa shape index (κ2) is 5.63. The summed E-state index contributed by atoms with van der Waals surface area (Å²) in [6.45, 7) is 1.22. The summed E-state index contributed by atoms with van der Waals surface area (Å²) in [5.41, 5.74) is -0.692. The molecule has 0 bridgehead atoms. The Morgan fingerprint density at radius 1 is 1.42 bits per heavy atom. The summed E-state index contributed by atoms with van der Waals surface area (Å²) < 4.78 is 0. The highest BCUT2D eigenvalue weighted by Gasteiger charge is 2.12. The number of nitro benzene ring substituents is 1. The quantitative estimate of drug-likeness (QED) is 0.325. The van der Waals surface area contributed by atoms with Gasteiger partial charge in [0.1, 0.15) is 5.75 Å². The summed E-state index contributed by atoms with van der Waals surface area (Å²) >= 11 is 0. The fourth-order valence-corrected chi connectivity index (χ4v) is 1.16. The zero-order valence-electron chi connectivity index (χ0n) is 9.78. The highest BCUT2D eigenvalue weighted by molar-refractivity contribution is 6.04. The van der Waals surface area contributed by atoms with Gasteiger partial charge in [0.15, 0.2) is 0 Å². The molecule has 8 nitrogen and oxygen atoms in total. The molecule has 0 aliphatic carbocycles. The second-order valence-electron chi connectivity index (χ2n) is 3.58.